The third-order valence-electron chi connectivity index (χ3n) is 5.10. The quantitative estimate of drug-likeness (QED) is 0.771. The maximum absolute atomic E-state index is 12.9. The molecule has 0 bridgehead atoms. The molecule has 5 nitrogen and oxygen atoms in total. The van der Waals surface area contributed by atoms with Crippen molar-refractivity contribution in [2.45, 2.75) is 47.1 Å². The van der Waals surface area contributed by atoms with Crippen molar-refractivity contribution in [3.8, 4) is 5.75 Å². The molecule has 1 aromatic heterocycles. The number of aromatic nitrogens is 2. The van der Waals surface area contributed by atoms with Gasteiger partial charge in [-0.1, -0.05) is 19.9 Å². The molecule has 27 heavy (non-hydrogen) atoms. The summed E-state index contributed by atoms with van der Waals surface area (Å²) >= 11 is 0. The van der Waals surface area contributed by atoms with E-state index in [9.17, 15) is 4.79 Å². The third kappa shape index (κ3) is 5.12. The normalized spacial score (nSPS) is 15.4. The second kappa shape index (κ2) is 8.59. The molecular formula is C22H31N3O2. The van der Waals surface area contributed by atoms with Crippen LogP contribution < -0.4 is 4.74 Å². The van der Waals surface area contributed by atoms with Gasteiger partial charge in [0, 0.05) is 30.9 Å². The van der Waals surface area contributed by atoms with Crippen molar-refractivity contribution in [1.82, 2.24) is 14.7 Å². The van der Waals surface area contributed by atoms with Crippen molar-refractivity contribution in [3.63, 3.8) is 0 Å². The van der Waals surface area contributed by atoms with Crippen LogP contribution in [0.25, 0.3) is 0 Å². The average Bonchev–Trinajstić information content (AvgIpc) is 2.97. The summed E-state index contributed by atoms with van der Waals surface area (Å²) in [7, 11) is 0. The maximum Gasteiger partial charge on any atom is 0.253 e. The Morgan fingerprint density at radius 2 is 1.96 bits per heavy atom. The first-order chi connectivity index (χ1) is 12.9. The standard InChI is InChI=1S/C22H31N3O2/c1-16(2)15-27-21-7-5-6-20(13-21)22(26)24-10-8-19(9-11-24)14-25-18(4)12-17(3)23-25/h5-7,12-13,16,19H,8-11,14-15H2,1-4H3. The van der Waals surface area contributed by atoms with Crippen LogP contribution >= 0.6 is 0 Å². The summed E-state index contributed by atoms with van der Waals surface area (Å²) in [5.74, 6) is 1.92. The highest BCUT2D eigenvalue weighted by molar-refractivity contribution is 5.94. The minimum Gasteiger partial charge on any atom is -0.493 e. The summed E-state index contributed by atoms with van der Waals surface area (Å²) in [6.45, 7) is 11.6. The number of hydrogen-bond acceptors (Lipinski definition) is 3. The van der Waals surface area contributed by atoms with Gasteiger partial charge in [-0.25, -0.2) is 0 Å². The molecule has 1 fully saturated rings. The first kappa shape index (κ1) is 19.5. The molecule has 146 valence electrons. The molecule has 0 spiro atoms. The fraction of sp³-hybridized carbons (Fsp3) is 0.545. The zero-order chi connectivity index (χ0) is 19.4. The van der Waals surface area contributed by atoms with E-state index in [4.69, 9.17) is 4.74 Å². The van der Waals surface area contributed by atoms with Crippen LogP contribution in [0, 0.1) is 25.7 Å². The molecule has 5 heteroatoms. The minimum atomic E-state index is 0.106. The van der Waals surface area contributed by atoms with E-state index in [1.165, 1.54) is 5.69 Å². The number of piperidine rings is 1. The minimum absolute atomic E-state index is 0.106. The van der Waals surface area contributed by atoms with Crippen LogP contribution in [0.15, 0.2) is 30.3 Å². The van der Waals surface area contributed by atoms with Crippen LogP contribution in [0.3, 0.4) is 0 Å². The zero-order valence-electron chi connectivity index (χ0n) is 16.9. The number of aryl methyl sites for hydroxylation is 2. The van der Waals surface area contributed by atoms with E-state index in [1.54, 1.807) is 0 Å². The lowest BCUT2D eigenvalue weighted by atomic mass is 9.96. The van der Waals surface area contributed by atoms with E-state index in [0.717, 1.165) is 43.9 Å². The molecule has 1 aliphatic heterocycles. The number of carbonyl (C=O) groups excluding carboxylic acids is 1. The van der Waals surface area contributed by atoms with Crippen molar-refractivity contribution in [3.05, 3.63) is 47.3 Å². The van der Waals surface area contributed by atoms with Gasteiger partial charge in [-0.05, 0) is 62.8 Å². The molecule has 0 aliphatic carbocycles. The van der Waals surface area contributed by atoms with Crippen LogP contribution in [-0.4, -0.2) is 40.3 Å². The number of rotatable bonds is 6. The Kier molecular flexibility index (Phi) is 6.19. The van der Waals surface area contributed by atoms with E-state index < -0.39 is 0 Å². The van der Waals surface area contributed by atoms with Gasteiger partial charge >= 0.3 is 0 Å². The fourth-order valence-corrected chi connectivity index (χ4v) is 3.59. The molecule has 0 radical (unpaired) electrons. The molecule has 0 saturated carbocycles. The number of ether oxygens (including phenoxy) is 1. The number of hydrogen-bond donors (Lipinski definition) is 0. The van der Waals surface area contributed by atoms with E-state index in [1.807, 2.05) is 36.1 Å². The van der Waals surface area contributed by atoms with Gasteiger partial charge in [0.1, 0.15) is 5.75 Å². The predicted octanol–water partition coefficient (Wildman–Crippen LogP) is 4.09. The lowest BCUT2D eigenvalue weighted by Gasteiger charge is -2.32. The van der Waals surface area contributed by atoms with Gasteiger partial charge in [-0.2, -0.15) is 5.10 Å². The SMILES string of the molecule is Cc1cc(C)n(CC2CCN(C(=O)c3cccc(OCC(C)C)c3)CC2)n1. The van der Waals surface area contributed by atoms with Crippen LogP contribution in [0.1, 0.15) is 48.4 Å². The highest BCUT2D eigenvalue weighted by Crippen LogP contribution is 2.23. The summed E-state index contributed by atoms with van der Waals surface area (Å²) in [6, 6.07) is 9.69. The van der Waals surface area contributed by atoms with Crippen LogP contribution in [0.5, 0.6) is 5.75 Å². The van der Waals surface area contributed by atoms with E-state index in [-0.39, 0.29) is 5.91 Å². The summed E-state index contributed by atoms with van der Waals surface area (Å²) in [4.78, 5) is 14.8. The first-order valence-electron chi connectivity index (χ1n) is 9.95. The second-order valence-corrected chi connectivity index (χ2v) is 8.08. The Labute approximate surface area is 162 Å². The van der Waals surface area contributed by atoms with E-state index in [2.05, 4.69) is 36.6 Å². The average molecular weight is 370 g/mol. The summed E-state index contributed by atoms with van der Waals surface area (Å²) < 4.78 is 7.87. The summed E-state index contributed by atoms with van der Waals surface area (Å²) in [6.07, 6.45) is 2.04. The predicted molar refractivity (Wildman–Crippen MR) is 107 cm³/mol. The van der Waals surface area contributed by atoms with Crippen molar-refractivity contribution < 1.29 is 9.53 Å². The first-order valence-corrected chi connectivity index (χ1v) is 9.95. The summed E-state index contributed by atoms with van der Waals surface area (Å²) in [5.41, 5.74) is 3.00. The zero-order valence-corrected chi connectivity index (χ0v) is 16.9. The number of amides is 1. The molecule has 1 saturated heterocycles. The number of benzene rings is 1. The number of nitrogens with zero attached hydrogens (tertiary/aromatic N) is 3. The molecule has 1 aromatic carbocycles. The molecular weight excluding hydrogens is 338 g/mol. The Bertz CT molecular complexity index is 774. The molecule has 0 N–H and O–H groups in total. The second-order valence-electron chi connectivity index (χ2n) is 8.08. The van der Waals surface area contributed by atoms with Gasteiger partial charge in [0.2, 0.25) is 0 Å². The number of likely N-dealkylation sites (tertiary alicyclic amines) is 1. The van der Waals surface area contributed by atoms with Gasteiger partial charge in [0.15, 0.2) is 0 Å². The van der Waals surface area contributed by atoms with E-state index >= 15 is 0 Å². The largest absolute Gasteiger partial charge is 0.493 e. The Balaban J connectivity index is 1.55. The number of carbonyl (C=O) groups is 1. The summed E-state index contributed by atoms with van der Waals surface area (Å²) in [5, 5.41) is 4.57. The maximum atomic E-state index is 12.9. The molecule has 2 aromatic rings. The monoisotopic (exact) mass is 369 g/mol. The Morgan fingerprint density at radius 3 is 2.59 bits per heavy atom. The van der Waals surface area contributed by atoms with E-state index in [0.29, 0.717) is 24.0 Å². The van der Waals surface area contributed by atoms with Crippen molar-refractivity contribution in [1.29, 1.82) is 0 Å². The highest BCUT2D eigenvalue weighted by Gasteiger charge is 2.24. The lowest BCUT2D eigenvalue weighted by molar-refractivity contribution is 0.0680. The Hall–Kier alpha value is -2.30. The highest BCUT2D eigenvalue weighted by atomic mass is 16.5. The molecule has 1 amide bonds. The topological polar surface area (TPSA) is 47.4 Å². The van der Waals surface area contributed by atoms with Gasteiger partial charge in [-0.15, -0.1) is 0 Å². The van der Waals surface area contributed by atoms with Gasteiger partial charge < -0.3 is 9.64 Å². The lowest BCUT2D eigenvalue weighted by Crippen LogP contribution is -2.39. The third-order valence-corrected chi connectivity index (χ3v) is 5.10. The molecule has 3 rings (SSSR count). The van der Waals surface area contributed by atoms with Crippen LogP contribution in [0.2, 0.25) is 0 Å². The fourth-order valence-electron chi connectivity index (χ4n) is 3.59. The van der Waals surface area contributed by atoms with Crippen molar-refractivity contribution in [2.24, 2.45) is 11.8 Å². The van der Waals surface area contributed by atoms with Gasteiger partial charge in [0.05, 0.1) is 12.3 Å². The molecule has 1 aliphatic rings. The molecule has 0 unspecified atom stereocenters. The smallest absolute Gasteiger partial charge is 0.253 e. The Morgan fingerprint density at radius 1 is 1.22 bits per heavy atom. The van der Waals surface area contributed by atoms with Gasteiger partial charge in [0.25, 0.3) is 5.91 Å². The van der Waals surface area contributed by atoms with Crippen LogP contribution in [-0.2, 0) is 6.54 Å². The van der Waals surface area contributed by atoms with Crippen LogP contribution in [0.4, 0.5) is 0 Å². The van der Waals surface area contributed by atoms with Gasteiger partial charge in [-0.3, -0.25) is 9.48 Å². The van der Waals surface area contributed by atoms with Crippen molar-refractivity contribution in [2.75, 3.05) is 19.7 Å². The molecule has 0 atom stereocenters. The molecule has 2 heterocycles. The van der Waals surface area contributed by atoms with Crippen molar-refractivity contribution >= 4 is 5.91 Å².